The molecule has 3 rings (SSSR count). The van der Waals surface area contributed by atoms with Crippen LogP contribution >= 0.6 is 11.6 Å². The largest absolute Gasteiger partial charge is 0.326 e. The third-order valence-electron chi connectivity index (χ3n) is 3.78. The summed E-state index contributed by atoms with van der Waals surface area (Å²) >= 11 is 5.73. The number of rotatable bonds is 4. The van der Waals surface area contributed by atoms with Crippen molar-refractivity contribution in [2.75, 3.05) is 5.32 Å². The van der Waals surface area contributed by atoms with Crippen LogP contribution in [-0.2, 0) is 11.2 Å². The van der Waals surface area contributed by atoms with Crippen molar-refractivity contribution in [3.63, 3.8) is 0 Å². The second-order valence-electron chi connectivity index (χ2n) is 5.70. The lowest BCUT2D eigenvalue weighted by molar-refractivity contribution is -0.115. The smallest absolute Gasteiger partial charge is 0.228 e. The van der Waals surface area contributed by atoms with Crippen LogP contribution in [0, 0.1) is 12.7 Å². The predicted molar refractivity (Wildman–Crippen MR) is 98.2 cm³/mol. The van der Waals surface area contributed by atoms with Gasteiger partial charge in [-0.3, -0.25) is 9.78 Å². The van der Waals surface area contributed by atoms with Crippen LogP contribution in [0.15, 0.2) is 60.8 Å². The summed E-state index contributed by atoms with van der Waals surface area (Å²) in [5, 5.41) is 2.78. The molecule has 0 bridgehead atoms. The minimum Gasteiger partial charge on any atom is -0.326 e. The molecular weight excluding hydrogens is 339 g/mol. The predicted octanol–water partition coefficient (Wildman–Crippen LogP) is 5.03. The fourth-order valence-corrected chi connectivity index (χ4v) is 2.73. The number of carbonyl (C=O) groups excluding carboxylic acids is 1. The molecule has 5 heteroatoms. The van der Waals surface area contributed by atoms with Crippen molar-refractivity contribution >= 4 is 23.2 Å². The van der Waals surface area contributed by atoms with Crippen LogP contribution in [0.4, 0.5) is 10.1 Å². The first-order chi connectivity index (χ1) is 12.0. The van der Waals surface area contributed by atoms with E-state index >= 15 is 0 Å². The first kappa shape index (κ1) is 17.1. The van der Waals surface area contributed by atoms with E-state index in [1.54, 1.807) is 18.3 Å². The summed E-state index contributed by atoms with van der Waals surface area (Å²) in [6.45, 7) is 1.94. The molecule has 1 heterocycles. The number of benzene rings is 2. The number of anilines is 1. The number of nitrogens with one attached hydrogen (secondary N) is 1. The van der Waals surface area contributed by atoms with Crippen molar-refractivity contribution in [2.45, 2.75) is 13.3 Å². The van der Waals surface area contributed by atoms with Gasteiger partial charge in [-0.1, -0.05) is 35.9 Å². The third-order valence-corrected chi connectivity index (χ3v) is 4.07. The number of nitrogens with zero attached hydrogens (tertiary/aromatic N) is 1. The first-order valence-electron chi connectivity index (χ1n) is 7.79. The van der Waals surface area contributed by atoms with E-state index in [1.807, 2.05) is 43.3 Å². The van der Waals surface area contributed by atoms with Crippen molar-refractivity contribution in [2.24, 2.45) is 0 Å². The molecule has 1 aromatic heterocycles. The van der Waals surface area contributed by atoms with Gasteiger partial charge in [-0.2, -0.15) is 0 Å². The van der Waals surface area contributed by atoms with Gasteiger partial charge in [0.25, 0.3) is 0 Å². The second kappa shape index (κ2) is 7.45. The van der Waals surface area contributed by atoms with E-state index in [0.717, 1.165) is 16.8 Å². The molecule has 0 radical (unpaired) electrons. The Balaban J connectivity index is 1.69. The number of carbonyl (C=O) groups is 1. The first-order valence-corrected chi connectivity index (χ1v) is 8.16. The van der Waals surface area contributed by atoms with Gasteiger partial charge in [-0.05, 0) is 53.9 Å². The van der Waals surface area contributed by atoms with Gasteiger partial charge in [0.1, 0.15) is 5.82 Å². The summed E-state index contributed by atoms with van der Waals surface area (Å²) in [6.07, 6.45) is 1.69. The lowest BCUT2D eigenvalue weighted by Crippen LogP contribution is -2.15. The zero-order valence-electron chi connectivity index (χ0n) is 13.6. The van der Waals surface area contributed by atoms with Crippen molar-refractivity contribution in [1.29, 1.82) is 0 Å². The van der Waals surface area contributed by atoms with E-state index < -0.39 is 5.82 Å². The number of amides is 1. The molecule has 0 spiro atoms. The molecule has 0 aliphatic heterocycles. The Kier molecular flexibility index (Phi) is 5.10. The van der Waals surface area contributed by atoms with Gasteiger partial charge in [0, 0.05) is 17.6 Å². The molecule has 2 aromatic carbocycles. The molecule has 1 N–H and O–H groups in total. The van der Waals surface area contributed by atoms with Crippen molar-refractivity contribution in [3.05, 3.63) is 82.9 Å². The molecule has 0 saturated heterocycles. The Labute approximate surface area is 150 Å². The average molecular weight is 355 g/mol. The number of hydrogen-bond acceptors (Lipinski definition) is 2. The van der Waals surface area contributed by atoms with E-state index in [-0.39, 0.29) is 22.9 Å². The highest BCUT2D eigenvalue weighted by molar-refractivity contribution is 6.30. The number of aryl methyl sites for hydroxylation is 1. The minimum atomic E-state index is -0.553. The number of pyridine rings is 1. The molecule has 3 aromatic rings. The second-order valence-corrected chi connectivity index (χ2v) is 6.11. The summed E-state index contributed by atoms with van der Waals surface area (Å²) in [5.74, 6) is -0.851. The topological polar surface area (TPSA) is 42.0 Å². The van der Waals surface area contributed by atoms with E-state index in [0.29, 0.717) is 5.69 Å². The Hall–Kier alpha value is -2.72. The SMILES string of the molecule is Cc1cc(-c2ccc(NC(=O)Cc3cccc(Cl)c3F)cc2)ccn1. The zero-order valence-corrected chi connectivity index (χ0v) is 14.3. The monoisotopic (exact) mass is 354 g/mol. The Bertz CT molecular complexity index is 910. The maximum Gasteiger partial charge on any atom is 0.228 e. The molecule has 126 valence electrons. The summed E-state index contributed by atoms with van der Waals surface area (Å²) in [4.78, 5) is 16.3. The molecule has 0 fully saturated rings. The van der Waals surface area contributed by atoms with E-state index in [4.69, 9.17) is 11.6 Å². The Morgan fingerprint density at radius 1 is 1.12 bits per heavy atom. The van der Waals surface area contributed by atoms with E-state index in [1.165, 1.54) is 6.07 Å². The summed E-state index contributed by atoms with van der Waals surface area (Å²) in [7, 11) is 0. The molecule has 25 heavy (non-hydrogen) atoms. The number of hydrogen-bond donors (Lipinski definition) is 1. The highest BCUT2D eigenvalue weighted by Crippen LogP contribution is 2.22. The zero-order chi connectivity index (χ0) is 17.8. The van der Waals surface area contributed by atoms with Gasteiger partial charge in [-0.15, -0.1) is 0 Å². The number of halogens is 2. The van der Waals surface area contributed by atoms with Crippen LogP contribution < -0.4 is 5.32 Å². The number of aromatic nitrogens is 1. The van der Waals surface area contributed by atoms with Crippen LogP contribution in [0.2, 0.25) is 5.02 Å². The maximum atomic E-state index is 13.9. The standard InChI is InChI=1S/C20H16ClFN2O/c1-13-11-15(9-10-23-13)14-5-7-17(8-6-14)24-19(25)12-16-3-2-4-18(21)20(16)22/h2-11H,12H2,1H3,(H,24,25). The molecule has 0 aliphatic carbocycles. The van der Waals surface area contributed by atoms with Gasteiger partial charge in [0.15, 0.2) is 0 Å². The summed E-state index contributed by atoms with van der Waals surface area (Å²) < 4.78 is 13.9. The van der Waals surface area contributed by atoms with Gasteiger partial charge < -0.3 is 5.32 Å². The highest BCUT2D eigenvalue weighted by Gasteiger charge is 2.11. The summed E-state index contributed by atoms with van der Waals surface area (Å²) in [6, 6.07) is 16.0. The van der Waals surface area contributed by atoms with Crippen molar-refractivity contribution in [1.82, 2.24) is 4.98 Å². The lowest BCUT2D eigenvalue weighted by atomic mass is 10.1. The molecule has 0 aliphatic rings. The molecule has 1 amide bonds. The molecule has 3 nitrogen and oxygen atoms in total. The average Bonchev–Trinajstić information content (AvgIpc) is 2.60. The van der Waals surface area contributed by atoms with Crippen LogP contribution in [0.1, 0.15) is 11.3 Å². The normalized spacial score (nSPS) is 10.5. The van der Waals surface area contributed by atoms with E-state index in [9.17, 15) is 9.18 Å². The molecule has 0 unspecified atom stereocenters. The van der Waals surface area contributed by atoms with Crippen LogP contribution in [0.25, 0.3) is 11.1 Å². The maximum absolute atomic E-state index is 13.9. The fraction of sp³-hybridized carbons (Fsp3) is 0.100. The Morgan fingerprint density at radius 3 is 2.60 bits per heavy atom. The third kappa shape index (κ3) is 4.22. The molecular formula is C20H16ClFN2O. The highest BCUT2D eigenvalue weighted by atomic mass is 35.5. The minimum absolute atomic E-state index is 0.0160. The lowest BCUT2D eigenvalue weighted by Gasteiger charge is -2.08. The van der Waals surface area contributed by atoms with Gasteiger partial charge in [-0.25, -0.2) is 4.39 Å². The van der Waals surface area contributed by atoms with Gasteiger partial charge >= 0.3 is 0 Å². The quantitative estimate of drug-likeness (QED) is 0.714. The summed E-state index contributed by atoms with van der Waals surface area (Å²) in [5.41, 5.74) is 3.96. The molecule has 0 saturated carbocycles. The van der Waals surface area contributed by atoms with Gasteiger partial charge in [0.2, 0.25) is 5.91 Å². The van der Waals surface area contributed by atoms with Crippen molar-refractivity contribution in [3.8, 4) is 11.1 Å². The van der Waals surface area contributed by atoms with Crippen LogP contribution in [-0.4, -0.2) is 10.9 Å². The van der Waals surface area contributed by atoms with Crippen LogP contribution in [0.3, 0.4) is 0 Å². The van der Waals surface area contributed by atoms with Crippen molar-refractivity contribution < 1.29 is 9.18 Å². The Morgan fingerprint density at radius 2 is 1.88 bits per heavy atom. The molecule has 0 atom stereocenters. The van der Waals surface area contributed by atoms with Gasteiger partial charge in [0.05, 0.1) is 11.4 Å². The van der Waals surface area contributed by atoms with Crippen LogP contribution in [0.5, 0.6) is 0 Å². The fourth-order valence-electron chi connectivity index (χ4n) is 2.53. The van der Waals surface area contributed by atoms with E-state index in [2.05, 4.69) is 10.3 Å².